The topological polar surface area (TPSA) is 34.2 Å². The maximum Gasteiger partial charge on any atom is 0.573 e. The Balaban J connectivity index is 2.09. The molecule has 0 saturated heterocycles. The number of ether oxygens (including phenoxy) is 1. The van der Waals surface area contributed by atoms with Gasteiger partial charge in [-0.2, -0.15) is 0 Å². The van der Waals surface area contributed by atoms with E-state index in [0.29, 0.717) is 22.3 Å². The van der Waals surface area contributed by atoms with Crippen LogP contribution in [0.3, 0.4) is 0 Å². The van der Waals surface area contributed by atoms with Crippen molar-refractivity contribution in [3.8, 4) is 28.1 Å². The maximum atomic E-state index is 13.0. The highest BCUT2D eigenvalue weighted by Gasteiger charge is 2.31. The van der Waals surface area contributed by atoms with Crippen LogP contribution in [-0.4, -0.2) is 16.9 Å². The Hall–Kier alpha value is -3.54. The minimum atomic E-state index is -4.78. The first-order valence-electron chi connectivity index (χ1n) is 10.2. The number of nitrogens with zero attached hydrogens (tertiary/aromatic N) is 1. The van der Waals surface area contributed by atoms with E-state index in [-0.39, 0.29) is 11.3 Å². The van der Waals surface area contributed by atoms with Crippen molar-refractivity contribution in [2.75, 3.05) is 5.32 Å². The molecule has 0 saturated carbocycles. The lowest BCUT2D eigenvalue weighted by atomic mass is 9.93. The average Bonchev–Trinajstić information content (AvgIpc) is 2.72. The first-order chi connectivity index (χ1) is 15.1. The molecule has 0 fully saturated rings. The summed E-state index contributed by atoms with van der Waals surface area (Å²) in [5.74, 6) is 0.332. The van der Waals surface area contributed by atoms with Crippen molar-refractivity contribution in [2.24, 2.45) is 0 Å². The summed E-state index contributed by atoms with van der Waals surface area (Å²) in [6.45, 7) is 6.03. The highest BCUT2D eigenvalue weighted by molar-refractivity contribution is 6.07. The standard InChI is InChI=1S/C26H23F3N2O/c1-25(2,3)31-24-20-15-14-19(32-26(27,28)29)16-21(20)22(17-10-6-4-7-11-17)23(30-24)18-12-8-5-9-13-18/h4-16H,1-3H3,(H,30,31). The first-order valence-corrected chi connectivity index (χ1v) is 10.2. The van der Waals surface area contributed by atoms with Crippen molar-refractivity contribution >= 4 is 16.6 Å². The van der Waals surface area contributed by atoms with Gasteiger partial charge in [0.25, 0.3) is 0 Å². The average molecular weight is 436 g/mol. The maximum absolute atomic E-state index is 13.0. The van der Waals surface area contributed by atoms with Crippen LogP contribution in [0.25, 0.3) is 33.2 Å². The van der Waals surface area contributed by atoms with Gasteiger partial charge in [-0.3, -0.25) is 0 Å². The minimum Gasteiger partial charge on any atom is -0.406 e. The van der Waals surface area contributed by atoms with Gasteiger partial charge in [-0.1, -0.05) is 60.7 Å². The number of rotatable bonds is 4. The fourth-order valence-electron chi connectivity index (χ4n) is 3.64. The number of fused-ring (bicyclic) bond motifs is 1. The van der Waals surface area contributed by atoms with Gasteiger partial charge in [-0.05, 0) is 49.9 Å². The Morgan fingerprint density at radius 2 is 1.34 bits per heavy atom. The molecule has 0 spiro atoms. The van der Waals surface area contributed by atoms with E-state index < -0.39 is 6.36 Å². The second-order valence-corrected chi connectivity index (χ2v) is 8.55. The van der Waals surface area contributed by atoms with Crippen LogP contribution >= 0.6 is 0 Å². The van der Waals surface area contributed by atoms with Gasteiger partial charge < -0.3 is 10.1 Å². The predicted molar refractivity (Wildman–Crippen MR) is 123 cm³/mol. The molecule has 3 aromatic carbocycles. The van der Waals surface area contributed by atoms with E-state index in [9.17, 15) is 13.2 Å². The fraction of sp³-hybridized carbons (Fsp3) is 0.192. The Morgan fingerprint density at radius 1 is 0.750 bits per heavy atom. The summed E-state index contributed by atoms with van der Waals surface area (Å²) >= 11 is 0. The largest absolute Gasteiger partial charge is 0.573 e. The summed E-state index contributed by atoms with van der Waals surface area (Å²) in [4.78, 5) is 4.96. The van der Waals surface area contributed by atoms with Crippen molar-refractivity contribution in [3.05, 3.63) is 78.9 Å². The van der Waals surface area contributed by atoms with Crippen LogP contribution in [0, 0.1) is 0 Å². The molecule has 4 aromatic rings. The summed E-state index contributed by atoms with van der Waals surface area (Å²) < 4.78 is 43.1. The third kappa shape index (κ3) is 4.85. The van der Waals surface area contributed by atoms with Gasteiger partial charge in [-0.25, -0.2) is 4.98 Å². The molecule has 0 aliphatic carbocycles. The van der Waals surface area contributed by atoms with E-state index in [1.54, 1.807) is 6.07 Å². The summed E-state index contributed by atoms with van der Waals surface area (Å²) in [6.07, 6.45) is -4.78. The van der Waals surface area contributed by atoms with Gasteiger partial charge in [0.05, 0.1) is 5.69 Å². The van der Waals surface area contributed by atoms with E-state index >= 15 is 0 Å². The number of benzene rings is 3. The number of alkyl halides is 3. The van der Waals surface area contributed by atoms with Crippen LogP contribution in [0.5, 0.6) is 5.75 Å². The molecule has 0 amide bonds. The fourth-order valence-corrected chi connectivity index (χ4v) is 3.64. The van der Waals surface area contributed by atoms with Crippen LogP contribution in [0.15, 0.2) is 78.9 Å². The summed E-state index contributed by atoms with van der Waals surface area (Å²) in [7, 11) is 0. The molecule has 6 heteroatoms. The zero-order valence-electron chi connectivity index (χ0n) is 18.0. The normalized spacial score (nSPS) is 12.1. The van der Waals surface area contributed by atoms with Gasteiger partial charge in [0, 0.05) is 22.1 Å². The van der Waals surface area contributed by atoms with Crippen LogP contribution < -0.4 is 10.1 Å². The van der Waals surface area contributed by atoms with Crippen molar-refractivity contribution in [2.45, 2.75) is 32.7 Å². The van der Waals surface area contributed by atoms with Gasteiger partial charge in [0.1, 0.15) is 11.6 Å². The summed E-state index contributed by atoms with van der Waals surface area (Å²) in [5.41, 5.74) is 2.85. The second-order valence-electron chi connectivity index (χ2n) is 8.55. The van der Waals surface area contributed by atoms with Crippen LogP contribution in [0.4, 0.5) is 19.0 Å². The van der Waals surface area contributed by atoms with Gasteiger partial charge in [0.2, 0.25) is 0 Å². The zero-order chi connectivity index (χ0) is 22.9. The Morgan fingerprint density at radius 3 is 1.91 bits per heavy atom. The number of nitrogens with one attached hydrogen (secondary N) is 1. The molecular weight excluding hydrogens is 413 g/mol. The number of hydrogen-bond acceptors (Lipinski definition) is 3. The molecule has 1 heterocycles. The molecule has 1 aromatic heterocycles. The van der Waals surface area contributed by atoms with E-state index in [1.807, 2.05) is 81.4 Å². The number of halogens is 3. The molecular formula is C26H23F3N2O. The second kappa shape index (κ2) is 8.19. The lowest BCUT2D eigenvalue weighted by Crippen LogP contribution is -2.27. The molecule has 0 aliphatic rings. The van der Waals surface area contributed by atoms with E-state index in [1.165, 1.54) is 12.1 Å². The monoisotopic (exact) mass is 436 g/mol. The van der Waals surface area contributed by atoms with Crippen LogP contribution in [0.1, 0.15) is 20.8 Å². The van der Waals surface area contributed by atoms with Crippen molar-refractivity contribution < 1.29 is 17.9 Å². The molecule has 32 heavy (non-hydrogen) atoms. The third-order valence-corrected chi connectivity index (χ3v) is 4.81. The molecule has 0 unspecified atom stereocenters. The highest BCUT2D eigenvalue weighted by Crippen LogP contribution is 2.42. The minimum absolute atomic E-state index is 0.269. The smallest absolute Gasteiger partial charge is 0.406 e. The molecule has 0 atom stereocenters. The highest BCUT2D eigenvalue weighted by atomic mass is 19.4. The van der Waals surface area contributed by atoms with E-state index in [2.05, 4.69) is 10.1 Å². The van der Waals surface area contributed by atoms with Crippen molar-refractivity contribution in [3.63, 3.8) is 0 Å². The number of aromatic nitrogens is 1. The summed E-state index contributed by atoms with van der Waals surface area (Å²) in [6, 6.07) is 23.6. The van der Waals surface area contributed by atoms with Gasteiger partial charge >= 0.3 is 6.36 Å². The molecule has 0 bridgehead atoms. The van der Waals surface area contributed by atoms with E-state index in [4.69, 9.17) is 4.98 Å². The lowest BCUT2D eigenvalue weighted by Gasteiger charge is -2.25. The molecule has 164 valence electrons. The van der Waals surface area contributed by atoms with Crippen molar-refractivity contribution in [1.29, 1.82) is 0 Å². The Kier molecular flexibility index (Phi) is 5.55. The van der Waals surface area contributed by atoms with Gasteiger partial charge in [0.15, 0.2) is 0 Å². The molecule has 3 nitrogen and oxygen atoms in total. The SMILES string of the molecule is CC(C)(C)Nc1nc(-c2ccccc2)c(-c2ccccc2)c2cc(OC(F)(F)F)ccc12. The molecule has 4 rings (SSSR count). The van der Waals surface area contributed by atoms with Crippen LogP contribution in [0.2, 0.25) is 0 Å². The van der Waals surface area contributed by atoms with Crippen LogP contribution in [-0.2, 0) is 0 Å². The Bertz CT molecular complexity index is 1230. The zero-order valence-corrected chi connectivity index (χ0v) is 18.0. The molecule has 0 aliphatic heterocycles. The van der Waals surface area contributed by atoms with Crippen molar-refractivity contribution in [1.82, 2.24) is 4.98 Å². The quantitative estimate of drug-likeness (QED) is 0.356. The summed E-state index contributed by atoms with van der Waals surface area (Å²) in [5, 5.41) is 4.75. The van der Waals surface area contributed by atoms with E-state index in [0.717, 1.165) is 16.7 Å². The molecule has 1 N–H and O–H groups in total. The lowest BCUT2D eigenvalue weighted by molar-refractivity contribution is -0.274. The Labute approximate surface area is 184 Å². The number of pyridine rings is 1. The molecule has 0 radical (unpaired) electrons. The van der Waals surface area contributed by atoms with Gasteiger partial charge in [-0.15, -0.1) is 13.2 Å². The number of hydrogen-bond donors (Lipinski definition) is 1. The first kappa shape index (κ1) is 21.7. The third-order valence-electron chi connectivity index (χ3n) is 4.81. The predicted octanol–water partition coefficient (Wildman–Crippen LogP) is 7.68. The number of anilines is 1.